The highest BCUT2D eigenvalue weighted by Crippen LogP contribution is 2.28. The Morgan fingerprint density at radius 2 is 2.29 bits per heavy atom. The van der Waals surface area contributed by atoms with Crippen LogP contribution in [0.3, 0.4) is 0 Å². The minimum atomic E-state index is 0.236. The Balaban J connectivity index is 2.39. The van der Waals surface area contributed by atoms with Crippen LogP contribution in [-0.4, -0.2) is 26.7 Å². The average Bonchev–Trinajstić information content (AvgIpc) is 2.16. The highest BCUT2D eigenvalue weighted by molar-refractivity contribution is 5.58. The molecule has 1 aromatic rings. The largest absolute Gasteiger partial charge is 0.497 e. The summed E-state index contributed by atoms with van der Waals surface area (Å²) in [5.41, 5.74) is 8.50. The van der Waals surface area contributed by atoms with Crippen LogP contribution in [-0.2, 0) is 6.42 Å². The maximum absolute atomic E-state index is 5.95. The maximum atomic E-state index is 5.95. The van der Waals surface area contributed by atoms with Gasteiger partial charge in [0, 0.05) is 25.3 Å². The second-order valence-electron chi connectivity index (χ2n) is 3.84. The molecule has 3 nitrogen and oxygen atoms in total. The lowest BCUT2D eigenvalue weighted by molar-refractivity contribution is 0.414. The zero-order valence-electron chi connectivity index (χ0n) is 8.66. The average molecular weight is 192 g/mol. The molecule has 0 amide bonds. The lowest BCUT2D eigenvalue weighted by Crippen LogP contribution is -2.41. The highest BCUT2D eigenvalue weighted by Gasteiger charge is 2.19. The molecule has 2 rings (SSSR count). The molecule has 0 bridgehead atoms. The van der Waals surface area contributed by atoms with Crippen molar-refractivity contribution in [1.82, 2.24) is 0 Å². The molecule has 0 saturated carbocycles. The third-order valence-corrected chi connectivity index (χ3v) is 2.69. The van der Waals surface area contributed by atoms with Gasteiger partial charge in [-0.15, -0.1) is 0 Å². The molecular weight excluding hydrogens is 176 g/mol. The van der Waals surface area contributed by atoms with E-state index in [0.29, 0.717) is 0 Å². The number of nitrogens with two attached hydrogens (primary N) is 1. The Labute approximate surface area is 84.5 Å². The number of hydrogen-bond donors (Lipinski definition) is 1. The van der Waals surface area contributed by atoms with Crippen molar-refractivity contribution in [1.29, 1.82) is 0 Å². The fourth-order valence-corrected chi connectivity index (χ4v) is 2.02. The molecule has 3 heteroatoms. The van der Waals surface area contributed by atoms with Crippen molar-refractivity contribution in [2.24, 2.45) is 5.73 Å². The van der Waals surface area contributed by atoms with Crippen LogP contribution in [0.15, 0.2) is 18.2 Å². The van der Waals surface area contributed by atoms with E-state index >= 15 is 0 Å². The normalized spacial score (nSPS) is 20.5. The molecule has 0 fully saturated rings. The van der Waals surface area contributed by atoms with Gasteiger partial charge in [-0.1, -0.05) is 0 Å². The monoisotopic (exact) mass is 192 g/mol. The van der Waals surface area contributed by atoms with E-state index < -0.39 is 0 Å². The third-order valence-electron chi connectivity index (χ3n) is 2.69. The van der Waals surface area contributed by atoms with Crippen LogP contribution in [0.2, 0.25) is 0 Å². The van der Waals surface area contributed by atoms with Crippen molar-refractivity contribution in [3.63, 3.8) is 0 Å². The molecule has 1 atom stereocenters. The van der Waals surface area contributed by atoms with E-state index in [9.17, 15) is 0 Å². The Bertz CT molecular complexity index is 338. The van der Waals surface area contributed by atoms with Crippen LogP contribution in [0, 0.1) is 0 Å². The molecule has 0 radical (unpaired) electrons. The van der Waals surface area contributed by atoms with Crippen molar-refractivity contribution in [2.45, 2.75) is 12.5 Å². The molecule has 76 valence electrons. The van der Waals surface area contributed by atoms with E-state index in [1.807, 2.05) is 6.07 Å². The molecule has 2 N–H and O–H groups in total. The first kappa shape index (κ1) is 9.34. The lowest BCUT2D eigenvalue weighted by atomic mass is 9.99. The van der Waals surface area contributed by atoms with Crippen molar-refractivity contribution >= 4 is 5.69 Å². The standard InChI is InChI=1S/C11H16N2O/c1-13-7-9(12)5-8-6-10(14-2)3-4-11(8)13/h3-4,6,9H,5,7,12H2,1-2H3. The van der Waals surface area contributed by atoms with Crippen molar-refractivity contribution in [3.8, 4) is 5.75 Å². The molecule has 0 aromatic heterocycles. The van der Waals surface area contributed by atoms with Gasteiger partial charge in [-0.2, -0.15) is 0 Å². The second-order valence-corrected chi connectivity index (χ2v) is 3.84. The minimum Gasteiger partial charge on any atom is -0.497 e. The Morgan fingerprint density at radius 1 is 1.50 bits per heavy atom. The van der Waals surface area contributed by atoms with Crippen LogP contribution in [0.5, 0.6) is 5.75 Å². The first-order chi connectivity index (χ1) is 6.70. The molecular formula is C11H16N2O. The van der Waals surface area contributed by atoms with Crippen LogP contribution in [0.4, 0.5) is 5.69 Å². The fourth-order valence-electron chi connectivity index (χ4n) is 2.02. The quantitative estimate of drug-likeness (QED) is 0.722. The summed E-state index contributed by atoms with van der Waals surface area (Å²) in [7, 11) is 3.76. The topological polar surface area (TPSA) is 38.5 Å². The molecule has 0 spiro atoms. The minimum absolute atomic E-state index is 0.236. The summed E-state index contributed by atoms with van der Waals surface area (Å²) >= 11 is 0. The number of nitrogens with zero attached hydrogens (tertiary/aromatic N) is 1. The Morgan fingerprint density at radius 3 is 3.00 bits per heavy atom. The molecule has 1 aliphatic rings. The predicted molar refractivity (Wildman–Crippen MR) is 57.9 cm³/mol. The molecule has 14 heavy (non-hydrogen) atoms. The maximum Gasteiger partial charge on any atom is 0.119 e. The zero-order valence-corrected chi connectivity index (χ0v) is 8.66. The Kier molecular flexibility index (Phi) is 2.33. The molecule has 0 saturated heterocycles. The summed E-state index contributed by atoms with van der Waals surface area (Å²) < 4.78 is 5.19. The van der Waals surface area contributed by atoms with E-state index in [1.165, 1.54) is 11.3 Å². The summed E-state index contributed by atoms with van der Waals surface area (Å²) in [6.07, 6.45) is 0.941. The van der Waals surface area contributed by atoms with E-state index in [4.69, 9.17) is 10.5 Å². The number of methoxy groups -OCH3 is 1. The van der Waals surface area contributed by atoms with Crippen molar-refractivity contribution in [2.75, 3.05) is 25.6 Å². The summed E-state index contributed by atoms with van der Waals surface area (Å²) in [5.74, 6) is 0.909. The molecule has 1 aliphatic heterocycles. The van der Waals surface area contributed by atoms with Gasteiger partial charge < -0.3 is 15.4 Å². The molecule has 1 aromatic carbocycles. The number of likely N-dealkylation sites (N-methyl/N-ethyl adjacent to an activating group) is 1. The summed E-state index contributed by atoms with van der Waals surface area (Å²) in [6.45, 7) is 0.930. The van der Waals surface area contributed by atoms with Gasteiger partial charge in [-0.05, 0) is 30.2 Å². The zero-order chi connectivity index (χ0) is 10.1. The molecule has 0 aliphatic carbocycles. The first-order valence-electron chi connectivity index (χ1n) is 4.84. The van der Waals surface area contributed by atoms with Crippen LogP contribution in [0.25, 0.3) is 0 Å². The van der Waals surface area contributed by atoms with Gasteiger partial charge in [0.05, 0.1) is 7.11 Å². The lowest BCUT2D eigenvalue weighted by Gasteiger charge is -2.31. The summed E-state index contributed by atoms with van der Waals surface area (Å²) in [5, 5.41) is 0. The van der Waals surface area contributed by atoms with E-state index in [-0.39, 0.29) is 6.04 Å². The van der Waals surface area contributed by atoms with Crippen molar-refractivity contribution in [3.05, 3.63) is 23.8 Å². The molecule has 1 heterocycles. The van der Waals surface area contributed by atoms with Gasteiger partial charge in [-0.3, -0.25) is 0 Å². The fraction of sp³-hybridized carbons (Fsp3) is 0.455. The van der Waals surface area contributed by atoms with Gasteiger partial charge in [0.2, 0.25) is 0 Å². The van der Waals surface area contributed by atoms with Crippen LogP contribution >= 0.6 is 0 Å². The van der Waals surface area contributed by atoms with Gasteiger partial charge in [0.25, 0.3) is 0 Å². The van der Waals surface area contributed by atoms with Crippen molar-refractivity contribution < 1.29 is 4.74 Å². The first-order valence-corrected chi connectivity index (χ1v) is 4.84. The van der Waals surface area contributed by atoms with Gasteiger partial charge >= 0.3 is 0 Å². The Hall–Kier alpha value is -1.22. The SMILES string of the molecule is COc1ccc2c(c1)CC(N)CN2C. The molecule has 1 unspecified atom stereocenters. The number of anilines is 1. The van der Waals surface area contributed by atoms with E-state index in [0.717, 1.165) is 18.7 Å². The van der Waals surface area contributed by atoms with E-state index in [2.05, 4.69) is 24.1 Å². The van der Waals surface area contributed by atoms with Gasteiger partial charge in [0.15, 0.2) is 0 Å². The number of benzene rings is 1. The van der Waals surface area contributed by atoms with Crippen LogP contribution < -0.4 is 15.4 Å². The predicted octanol–water partition coefficient (Wildman–Crippen LogP) is 1.01. The van der Waals surface area contributed by atoms with Crippen LogP contribution in [0.1, 0.15) is 5.56 Å². The number of rotatable bonds is 1. The number of ether oxygens (including phenoxy) is 1. The number of fused-ring (bicyclic) bond motifs is 1. The van der Waals surface area contributed by atoms with Gasteiger partial charge in [0.1, 0.15) is 5.75 Å². The highest BCUT2D eigenvalue weighted by atomic mass is 16.5. The second kappa shape index (κ2) is 3.50. The van der Waals surface area contributed by atoms with E-state index in [1.54, 1.807) is 7.11 Å². The third kappa shape index (κ3) is 1.55. The summed E-state index contributed by atoms with van der Waals surface area (Å²) in [6, 6.07) is 6.40. The number of hydrogen-bond acceptors (Lipinski definition) is 3. The van der Waals surface area contributed by atoms with Gasteiger partial charge in [-0.25, -0.2) is 0 Å². The summed E-state index contributed by atoms with van der Waals surface area (Å²) in [4.78, 5) is 2.20. The smallest absolute Gasteiger partial charge is 0.119 e.